The van der Waals surface area contributed by atoms with E-state index in [0.717, 1.165) is 22.2 Å². The van der Waals surface area contributed by atoms with Gasteiger partial charge in [-0.25, -0.2) is 4.39 Å². The Bertz CT molecular complexity index is 1450. The first-order chi connectivity index (χ1) is 18.9. The lowest BCUT2D eigenvalue weighted by atomic mass is 10.1. The van der Waals surface area contributed by atoms with Crippen LogP contribution in [-0.4, -0.2) is 43.2 Å². The lowest BCUT2D eigenvalue weighted by Crippen LogP contribution is -2.28. The number of methoxy groups -OCH3 is 1. The number of halogens is 1. The van der Waals surface area contributed by atoms with Crippen LogP contribution in [0.25, 0.3) is 10.9 Å². The lowest BCUT2D eigenvalue weighted by molar-refractivity contribution is -0.123. The number of ether oxygens (including phenoxy) is 3. The van der Waals surface area contributed by atoms with Crippen molar-refractivity contribution in [1.29, 1.82) is 0 Å². The maximum atomic E-state index is 13.2. The van der Waals surface area contributed by atoms with Crippen LogP contribution >= 0.6 is 0 Å². The van der Waals surface area contributed by atoms with Crippen molar-refractivity contribution in [2.75, 3.05) is 26.9 Å². The third-order valence-corrected chi connectivity index (χ3v) is 6.33. The molecule has 3 aromatic carbocycles. The summed E-state index contributed by atoms with van der Waals surface area (Å²) in [6, 6.07) is 18.7. The van der Waals surface area contributed by atoms with Crippen LogP contribution in [0.15, 0.2) is 66.7 Å². The minimum absolute atomic E-state index is 0.192. The molecule has 0 fully saturated rings. The summed E-state index contributed by atoms with van der Waals surface area (Å²) in [6.07, 6.45) is 0. The van der Waals surface area contributed by atoms with Crippen molar-refractivity contribution >= 4 is 22.7 Å². The average Bonchev–Trinajstić information content (AvgIpc) is 3.24. The molecule has 0 aliphatic rings. The van der Waals surface area contributed by atoms with Crippen LogP contribution < -0.4 is 24.8 Å². The summed E-state index contributed by atoms with van der Waals surface area (Å²) in [5.74, 6) is 0.850. The van der Waals surface area contributed by atoms with Gasteiger partial charge in [-0.05, 0) is 61.9 Å². The molecule has 0 saturated carbocycles. The number of hydrogen-bond donors (Lipinski definition) is 2. The molecule has 1 aromatic heterocycles. The molecule has 39 heavy (non-hydrogen) atoms. The molecule has 1 heterocycles. The first-order valence-electron chi connectivity index (χ1n) is 12.7. The van der Waals surface area contributed by atoms with Crippen molar-refractivity contribution < 1.29 is 28.2 Å². The normalized spacial score (nSPS) is 10.8. The van der Waals surface area contributed by atoms with Crippen LogP contribution in [0, 0.1) is 12.7 Å². The molecule has 0 saturated heterocycles. The third-order valence-electron chi connectivity index (χ3n) is 6.33. The Morgan fingerprint density at radius 1 is 0.949 bits per heavy atom. The minimum Gasteiger partial charge on any atom is -0.493 e. The molecule has 0 spiro atoms. The Kier molecular flexibility index (Phi) is 9.04. The van der Waals surface area contributed by atoms with Gasteiger partial charge in [0.1, 0.15) is 18.2 Å². The van der Waals surface area contributed by atoms with Crippen molar-refractivity contribution in [3.63, 3.8) is 0 Å². The standard InChI is InChI=1S/C30H32FN3O5/c1-4-34-20(2)29(30(36)32-15-16-38-27-8-6-5-7-26(27)37-3)24-17-23(13-14-25(24)34)39-19-28(35)33-18-21-9-11-22(31)12-10-21/h5-14,17H,4,15-16,18-19H2,1-3H3,(H,32,36)(H,33,35). The predicted octanol–water partition coefficient (Wildman–Crippen LogP) is 4.62. The number of amides is 2. The van der Waals surface area contributed by atoms with E-state index in [1.807, 2.05) is 44.2 Å². The number of aromatic nitrogens is 1. The van der Waals surface area contributed by atoms with Gasteiger partial charge < -0.3 is 29.4 Å². The molecular formula is C30H32FN3O5. The minimum atomic E-state index is -0.329. The summed E-state index contributed by atoms with van der Waals surface area (Å²) in [5, 5.41) is 6.42. The van der Waals surface area contributed by atoms with E-state index in [1.165, 1.54) is 12.1 Å². The number of carbonyl (C=O) groups excluding carboxylic acids is 2. The van der Waals surface area contributed by atoms with E-state index in [2.05, 4.69) is 15.2 Å². The molecule has 4 aromatic rings. The summed E-state index contributed by atoms with van der Waals surface area (Å²) < 4.78 is 31.9. The van der Waals surface area contributed by atoms with E-state index in [1.54, 1.807) is 31.4 Å². The smallest absolute Gasteiger partial charge is 0.258 e. The molecule has 0 atom stereocenters. The molecule has 8 nitrogen and oxygen atoms in total. The Hall–Kier alpha value is -4.53. The fraction of sp³-hybridized carbons (Fsp3) is 0.267. The zero-order valence-corrected chi connectivity index (χ0v) is 22.3. The second-order valence-electron chi connectivity index (χ2n) is 8.83. The molecule has 4 rings (SSSR count). The third kappa shape index (κ3) is 6.67. The molecule has 0 aliphatic carbocycles. The second-order valence-corrected chi connectivity index (χ2v) is 8.83. The summed E-state index contributed by atoms with van der Waals surface area (Å²) in [5.41, 5.74) is 3.07. The van der Waals surface area contributed by atoms with Crippen molar-refractivity contribution in [2.24, 2.45) is 0 Å². The SMILES string of the molecule is CCn1c(C)c(C(=O)NCCOc2ccccc2OC)c2cc(OCC(=O)NCc3ccc(F)cc3)ccc21. The van der Waals surface area contributed by atoms with Crippen LogP contribution in [0.2, 0.25) is 0 Å². The first-order valence-corrected chi connectivity index (χ1v) is 12.7. The van der Waals surface area contributed by atoms with Crippen LogP contribution in [-0.2, 0) is 17.9 Å². The fourth-order valence-corrected chi connectivity index (χ4v) is 4.40. The van der Waals surface area contributed by atoms with Crippen LogP contribution in [0.5, 0.6) is 17.2 Å². The topological polar surface area (TPSA) is 90.8 Å². The van der Waals surface area contributed by atoms with Gasteiger partial charge in [0.2, 0.25) is 0 Å². The van der Waals surface area contributed by atoms with Gasteiger partial charge in [0, 0.05) is 29.7 Å². The second kappa shape index (κ2) is 12.8. The van der Waals surface area contributed by atoms with Crippen molar-refractivity contribution in [1.82, 2.24) is 15.2 Å². The van der Waals surface area contributed by atoms with Crippen LogP contribution in [0.4, 0.5) is 4.39 Å². The quantitative estimate of drug-likeness (QED) is 0.259. The van der Waals surface area contributed by atoms with Gasteiger partial charge in [-0.15, -0.1) is 0 Å². The van der Waals surface area contributed by atoms with E-state index in [-0.39, 0.29) is 37.4 Å². The molecule has 0 unspecified atom stereocenters. The molecule has 9 heteroatoms. The molecule has 0 aliphatic heterocycles. The van der Waals surface area contributed by atoms with Gasteiger partial charge in [0.05, 0.1) is 19.2 Å². The van der Waals surface area contributed by atoms with E-state index < -0.39 is 0 Å². The van der Waals surface area contributed by atoms with Crippen molar-refractivity contribution in [3.05, 3.63) is 89.4 Å². The molecule has 0 radical (unpaired) electrons. The number of aryl methyl sites for hydroxylation is 1. The zero-order valence-electron chi connectivity index (χ0n) is 22.3. The zero-order chi connectivity index (χ0) is 27.8. The van der Waals surface area contributed by atoms with Crippen LogP contribution in [0.3, 0.4) is 0 Å². The Morgan fingerprint density at radius 2 is 1.69 bits per heavy atom. The number of para-hydroxylation sites is 2. The largest absolute Gasteiger partial charge is 0.493 e. The van der Waals surface area contributed by atoms with Gasteiger partial charge in [-0.1, -0.05) is 24.3 Å². The van der Waals surface area contributed by atoms with Gasteiger partial charge in [-0.3, -0.25) is 9.59 Å². The van der Waals surface area contributed by atoms with E-state index in [0.29, 0.717) is 35.9 Å². The molecule has 0 bridgehead atoms. The summed E-state index contributed by atoms with van der Waals surface area (Å²) in [4.78, 5) is 25.5. The van der Waals surface area contributed by atoms with E-state index in [4.69, 9.17) is 14.2 Å². The van der Waals surface area contributed by atoms with Gasteiger partial charge >= 0.3 is 0 Å². The predicted molar refractivity (Wildman–Crippen MR) is 147 cm³/mol. The highest BCUT2D eigenvalue weighted by molar-refractivity contribution is 6.08. The number of carbonyl (C=O) groups is 2. The monoisotopic (exact) mass is 533 g/mol. The highest BCUT2D eigenvalue weighted by atomic mass is 19.1. The maximum absolute atomic E-state index is 13.2. The molecule has 2 amide bonds. The van der Waals surface area contributed by atoms with E-state index in [9.17, 15) is 14.0 Å². The molecular weight excluding hydrogens is 501 g/mol. The van der Waals surface area contributed by atoms with Gasteiger partial charge in [0.25, 0.3) is 11.8 Å². The molecule has 2 N–H and O–H groups in total. The Balaban J connectivity index is 1.39. The Morgan fingerprint density at radius 3 is 2.41 bits per heavy atom. The number of hydrogen-bond acceptors (Lipinski definition) is 5. The summed E-state index contributed by atoms with van der Waals surface area (Å²) >= 11 is 0. The summed E-state index contributed by atoms with van der Waals surface area (Å²) in [7, 11) is 1.58. The number of fused-ring (bicyclic) bond motifs is 1. The highest BCUT2D eigenvalue weighted by Crippen LogP contribution is 2.30. The van der Waals surface area contributed by atoms with E-state index >= 15 is 0 Å². The number of rotatable bonds is 12. The highest BCUT2D eigenvalue weighted by Gasteiger charge is 2.20. The van der Waals surface area contributed by atoms with Crippen molar-refractivity contribution in [2.45, 2.75) is 26.9 Å². The Labute approximate surface area is 226 Å². The van der Waals surface area contributed by atoms with Crippen molar-refractivity contribution in [3.8, 4) is 17.2 Å². The molecule has 204 valence electrons. The maximum Gasteiger partial charge on any atom is 0.258 e. The first kappa shape index (κ1) is 27.5. The van der Waals surface area contributed by atoms with Crippen LogP contribution in [0.1, 0.15) is 28.5 Å². The average molecular weight is 534 g/mol. The number of nitrogens with one attached hydrogen (secondary N) is 2. The van der Waals surface area contributed by atoms with Gasteiger partial charge in [0.15, 0.2) is 18.1 Å². The lowest BCUT2D eigenvalue weighted by Gasteiger charge is -2.11. The number of benzene rings is 3. The fourth-order valence-electron chi connectivity index (χ4n) is 4.40. The van der Waals surface area contributed by atoms with Gasteiger partial charge in [-0.2, -0.15) is 0 Å². The number of nitrogens with zero attached hydrogens (tertiary/aromatic N) is 1. The summed E-state index contributed by atoms with van der Waals surface area (Å²) in [6.45, 7) is 5.28.